The van der Waals surface area contributed by atoms with E-state index in [2.05, 4.69) is 26.8 Å². The van der Waals surface area contributed by atoms with Gasteiger partial charge in [0.25, 0.3) is 0 Å². The van der Waals surface area contributed by atoms with Gasteiger partial charge in [-0.25, -0.2) is 18.7 Å². The van der Waals surface area contributed by atoms with Crippen LogP contribution in [0.3, 0.4) is 0 Å². The van der Waals surface area contributed by atoms with Gasteiger partial charge >= 0.3 is 0 Å². The molecule has 0 saturated carbocycles. The first-order chi connectivity index (χ1) is 14.5. The predicted octanol–water partition coefficient (Wildman–Crippen LogP) is 3.84. The van der Waals surface area contributed by atoms with Crippen molar-refractivity contribution in [2.45, 2.75) is 12.5 Å². The number of phenols is 1. The molecule has 6 nitrogen and oxygen atoms in total. The SMILES string of the molecule is CN1CCN2c3ncnc4c(F)c(-c5c(O)cccc5F)c(Cl)c(c34)OCCC2C1. The zero-order valence-corrected chi connectivity index (χ0v) is 17.0. The van der Waals surface area contributed by atoms with E-state index in [1.54, 1.807) is 0 Å². The van der Waals surface area contributed by atoms with Gasteiger partial charge in [0.1, 0.15) is 29.2 Å². The van der Waals surface area contributed by atoms with Gasteiger partial charge in [0.2, 0.25) is 0 Å². The molecule has 1 atom stereocenters. The van der Waals surface area contributed by atoms with Gasteiger partial charge < -0.3 is 19.6 Å². The highest BCUT2D eigenvalue weighted by molar-refractivity contribution is 6.36. The lowest BCUT2D eigenvalue weighted by atomic mass is 9.99. The topological polar surface area (TPSA) is 61.7 Å². The summed E-state index contributed by atoms with van der Waals surface area (Å²) >= 11 is 6.58. The molecule has 1 unspecified atom stereocenters. The highest BCUT2D eigenvalue weighted by Gasteiger charge is 2.34. The summed E-state index contributed by atoms with van der Waals surface area (Å²) in [5.74, 6) is -1.27. The lowest BCUT2D eigenvalue weighted by Crippen LogP contribution is -2.53. The molecule has 3 aromatic rings. The molecule has 1 saturated heterocycles. The molecule has 0 aliphatic carbocycles. The number of aromatic hydroxyl groups is 1. The van der Waals surface area contributed by atoms with Crippen LogP contribution < -0.4 is 9.64 Å². The summed E-state index contributed by atoms with van der Waals surface area (Å²) in [6, 6.07) is 3.92. The molecule has 9 heteroatoms. The normalized spacial score (nSPS) is 19.2. The monoisotopic (exact) mass is 432 g/mol. The van der Waals surface area contributed by atoms with Gasteiger partial charge in [0.05, 0.1) is 22.6 Å². The van der Waals surface area contributed by atoms with Crippen molar-refractivity contribution < 1.29 is 18.6 Å². The third-order valence-electron chi connectivity index (χ3n) is 5.80. The maximum Gasteiger partial charge on any atom is 0.159 e. The molecular formula is C21H19ClF2N4O2. The van der Waals surface area contributed by atoms with Crippen molar-refractivity contribution in [3.05, 3.63) is 41.2 Å². The minimum atomic E-state index is -0.822. The Morgan fingerprint density at radius 3 is 2.83 bits per heavy atom. The molecule has 1 fully saturated rings. The first-order valence-corrected chi connectivity index (χ1v) is 10.1. The van der Waals surface area contributed by atoms with Gasteiger partial charge in [-0.05, 0) is 19.2 Å². The number of hydrogen-bond acceptors (Lipinski definition) is 6. The Hall–Kier alpha value is -2.71. The lowest BCUT2D eigenvalue weighted by molar-refractivity contribution is 0.226. The lowest BCUT2D eigenvalue weighted by Gasteiger charge is -2.42. The quantitative estimate of drug-likeness (QED) is 0.630. The molecule has 3 heterocycles. The zero-order chi connectivity index (χ0) is 21.0. The standard InChI is InChI=1S/C21H19ClF2N4O2/c1-27-6-7-28-11(9-27)5-8-30-20-16-19(25-10-26-21(16)28)18(24)15(17(20)22)14-12(23)3-2-4-13(14)29/h2-4,10-11,29H,5-9H2,1H3. The highest BCUT2D eigenvalue weighted by atomic mass is 35.5. The average Bonchev–Trinajstić information content (AvgIpc) is 2.71. The van der Waals surface area contributed by atoms with E-state index in [9.17, 15) is 9.50 Å². The summed E-state index contributed by atoms with van der Waals surface area (Å²) in [4.78, 5) is 12.9. The van der Waals surface area contributed by atoms with Crippen LogP contribution >= 0.6 is 11.6 Å². The number of rotatable bonds is 1. The summed E-state index contributed by atoms with van der Waals surface area (Å²) in [7, 11) is 2.06. The molecule has 2 aliphatic rings. The zero-order valence-electron chi connectivity index (χ0n) is 16.2. The number of nitrogens with zero attached hydrogens (tertiary/aromatic N) is 4. The Labute approximate surface area is 176 Å². The van der Waals surface area contributed by atoms with Crippen LogP contribution in [0.2, 0.25) is 5.02 Å². The van der Waals surface area contributed by atoms with E-state index < -0.39 is 17.4 Å². The molecular weight excluding hydrogens is 414 g/mol. The minimum Gasteiger partial charge on any atom is -0.507 e. The molecule has 0 amide bonds. The molecule has 0 radical (unpaired) electrons. The number of piperazine rings is 1. The molecule has 0 spiro atoms. The molecule has 1 N–H and O–H groups in total. The maximum atomic E-state index is 15.7. The first kappa shape index (κ1) is 19.3. The van der Waals surface area contributed by atoms with Crippen molar-refractivity contribution in [1.82, 2.24) is 14.9 Å². The van der Waals surface area contributed by atoms with Gasteiger partial charge in [-0.15, -0.1) is 0 Å². The van der Waals surface area contributed by atoms with Crippen molar-refractivity contribution >= 4 is 28.3 Å². The molecule has 1 aromatic heterocycles. The Bertz CT molecular complexity index is 1140. The molecule has 156 valence electrons. The van der Waals surface area contributed by atoms with Gasteiger partial charge in [-0.3, -0.25) is 0 Å². The van der Waals surface area contributed by atoms with E-state index in [4.69, 9.17) is 16.3 Å². The number of hydrogen-bond donors (Lipinski definition) is 1. The molecule has 30 heavy (non-hydrogen) atoms. The summed E-state index contributed by atoms with van der Waals surface area (Å²) in [5.41, 5.74) is -0.604. The summed E-state index contributed by atoms with van der Waals surface area (Å²) < 4.78 is 36.2. The van der Waals surface area contributed by atoms with Crippen molar-refractivity contribution in [3.63, 3.8) is 0 Å². The third kappa shape index (κ3) is 2.86. The van der Waals surface area contributed by atoms with Crippen LogP contribution in [0.1, 0.15) is 6.42 Å². The van der Waals surface area contributed by atoms with E-state index in [0.717, 1.165) is 32.1 Å². The largest absolute Gasteiger partial charge is 0.507 e. The number of aromatic nitrogens is 2. The van der Waals surface area contributed by atoms with Crippen LogP contribution in [0.25, 0.3) is 22.0 Å². The third-order valence-corrected chi connectivity index (χ3v) is 6.16. The Morgan fingerprint density at radius 1 is 1.20 bits per heavy atom. The number of fused-ring (bicyclic) bond motifs is 2. The van der Waals surface area contributed by atoms with E-state index in [-0.39, 0.29) is 33.5 Å². The molecule has 2 aromatic carbocycles. The van der Waals surface area contributed by atoms with Crippen LogP contribution in [0.15, 0.2) is 24.5 Å². The number of ether oxygens (including phenoxy) is 1. The van der Waals surface area contributed by atoms with Crippen LogP contribution in [-0.2, 0) is 0 Å². The summed E-state index contributed by atoms with van der Waals surface area (Å²) in [5, 5.41) is 10.5. The second-order valence-corrected chi connectivity index (χ2v) is 8.01. The van der Waals surface area contributed by atoms with Crippen molar-refractivity contribution in [2.24, 2.45) is 0 Å². The number of phenolic OH excluding ortho intramolecular Hbond substituents is 1. The second kappa shape index (κ2) is 7.21. The summed E-state index contributed by atoms with van der Waals surface area (Å²) in [6.07, 6.45) is 2.02. The smallest absolute Gasteiger partial charge is 0.159 e. The second-order valence-electron chi connectivity index (χ2n) is 7.63. The highest BCUT2D eigenvalue weighted by Crippen LogP contribution is 2.49. The maximum absolute atomic E-state index is 15.7. The number of likely N-dealkylation sites (N-methyl/N-ethyl adjacent to an activating group) is 1. The average molecular weight is 433 g/mol. The van der Waals surface area contributed by atoms with Crippen molar-refractivity contribution in [3.8, 4) is 22.6 Å². The molecule has 5 rings (SSSR count). The molecule has 0 bridgehead atoms. The van der Waals surface area contributed by atoms with Crippen molar-refractivity contribution in [1.29, 1.82) is 0 Å². The minimum absolute atomic E-state index is 0.0170. The van der Waals surface area contributed by atoms with Gasteiger partial charge in [0, 0.05) is 37.7 Å². The number of halogens is 3. The first-order valence-electron chi connectivity index (χ1n) is 9.69. The number of benzene rings is 2. The Morgan fingerprint density at radius 2 is 2.03 bits per heavy atom. The van der Waals surface area contributed by atoms with Crippen LogP contribution in [-0.4, -0.2) is 59.3 Å². The van der Waals surface area contributed by atoms with Crippen LogP contribution in [0, 0.1) is 11.6 Å². The fourth-order valence-corrected chi connectivity index (χ4v) is 4.68. The Kier molecular flexibility index (Phi) is 4.63. The fourth-order valence-electron chi connectivity index (χ4n) is 4.36. The van der Waals surface area contributed by atoms with Gasteiger partial charge in [-0.2, -0.15) is 0 Å². The van der Waals surface area contributed by atoms with Gasteiger partial charge in [0.15, 0.2) is 11.6 Å². The van der Waals surface area contributed by atoms with E-state index in [1.165, 1.54) is 18.5 Å². The van der Waals surface area contributed by atoms with Crippen molar-refractivity contribution in [2.75, 3.05) is 38.2 Å². The summed E-state index contributed by atoms with van der Waals surface area (Å²) in [6.45, 7) is 2.76. The van der Waals surface area contributed by atoms with Crippen LogP contribution in [0.5, 0.6) is 11.5 Å². The van der Waals surface area contributed by atoms with E-state index in [0.29, 0.717) is 17.8 Å². The van der Waals surface area contributed by atoms with Gasteiger partial charge in [-0.1, -0.05) is 17.7 Å². The molecule has 2 aliphatic heterocycles. The Balaban J connectivity index is 1.82. The van der Waals surface area contributed by atoms with E-state index in [1.807, 2.05) is 0 Å². The van der Waals surface area contributed by atoms with Crippen LogP contribution in [0.4, 0.5) is 14.6 Å². The number of anilines is 1. The fraction of sp³-hybridized carbons (Fsp3) is 0.333. The van der Waals surface area contributed by atoms with E-state index >= 15 is 4.39 Å². The predicted molar refractivity (Wildman–Crippen MR) is 110 cm³/mol.